The summed E-state index contributed by atoms with van der Waals surface area (Å²) >= 11 is 0. The molecule has 14 heavy (non-hydrogen) atoms. The summed E-state index contributed by atoms with van der Waals surface area (Å²) in [5, 5.41) is 13.4. The Bertz CT molecular complexity index is 206. The molecule has 0 aliphatic carbocycles. The summed E-state index contributed by atoms with van der Waals surface area (Å²) in [7, 11) is 0. The van der Waals surface area contributed by atoms with Crippen LogP contribution in [0.15, 0.2) is 0 Å². The van der Waals surface area contributed by atoms with E-state index in [0.717, 1.165) is 0 Å². The van der Waals surface area contributed by atoms with Crippen LogP contribution in [0, 0.1) is 0 Å². The van der Waals surface area contributed by atoms with Crippen molar-refractivity contribution in [2.24, 2.45) is 5.73 Å². The number of nitrogens with one attached hydrogen (secondary N) is 2. The van der Waals surface area contributed by atoms with Crippen LogP contribution in [0.4, 0.5) is 0 Å². The van der Waals surface area contributed by atoms with E-state index in [1.54, 1.807) is 13.8 Å². The van der Waals surface area contributed by atoms with Gasteiger partial charge in [0.25, 0.3) is 0 Å². The summed E-state index contributed by atoms with van der Waals surface area (Å²) in [6.45, 7) is 3.04. The topological polar surface area (TPSA) is 104 Å². The van der Waals surface area contributed by atoms with E-state index in [1.807, 2.05) is 0 Å². The highest BCUT2D eigenvalue weighted by molar-refractivity contribution is 5.81. The summed E-state index contributed by atoms with van der Waals surface area (Å²) in [5.41, 5.74) is 5.33. The van der Waals surface area contributed by atoms with Gasteiger partial charge in [0.2, 0.25) is 11.8 Å². The Morgan fingerprint density at radius 1 is 1.43 bits per heavy atom. The highest BCUT2D eigenvalue weighted by atomic mass is 16.3. The zero-order valence-electron chi connectivity index (χ0n) is 8.41. The van der Waals surface area contributed by atoms with E-state index in [1.165, 1.54) is 0 Å². The number of carbonyl (C=O) groups is 2. The minimum atomic E-state index is -0.564. The van der Waals surface area contributed by atoms with Gasteiger partial charge in [0.05, 0.1) is 6.04 Å². The molecule has 6 nitrogen and oxygen atoms in total. The molecule has 0 aromatic heterocycles. The standard InChI is InChI=1S/C8H17N3O3/c1-5(3-10-7(13)4-12)11-8(14)6(2)9/h5-6,12H,3-4,9H2,1-2H3,(H,10,13)(H,11,14)/t5?,6-/m1/s1. The number of amides is 2. The highest BCUT2D eigenvalue weighted by Gasteiger charge is 2.11. The summed E-state index contributed by atoms with van der Waals surface area (Å²) in [6, 6.07) is -0.769. The maximum absolute atomic E-state index is 11.1. The van der Waals surface area contributed by atoms with Gasteiger partial charge < -0.3 is 21.5 Å². The minimum absolute atomic E-state index is 0.205. The first-order chi connectivity index (χ1) is 6.47. The van der Waals surface area contributed by atoms with Crippen LogP contribution >= 0.6 is 0 Å². The first-order valence-corrected chi connectivity index (χ1v) is 4.41. The van der Waals surface area contributed by atoms with Crippen molar-refractivity contribution in [1.29, 1.82) is 0 Å². The number of rotatable bonds is 5. The van der Waals surface area contributed by atoms with Gasteiger partial charge in [-0.2, -0.15) is 0 Å². The van der Waals surface area contributed by atoms with E-state index in [2.05, 4.69) is 10.6 Å². The lowest BCUT2D eigenvalue weighted by molar-refractivity contribution is -0.125. The number of carbonyl (C=O) groups excluding carboxylic acids is 2. The molecule has 82 valence electrons. The van der Waals surface area contributed by atoms with E-state index in [4.69, 9.17) is 10.8 Å². The largest absolute Gasteiger partial charge is 0.387 e. The fourth-order valence-electron chi connectivity index (χ4n) is 0.748. The molecule has 0 heterocycles. The Kier molecular flexibility index (Phi) is 5.82. The van der Waals surface area contributed by atoms with E-state index in [-0.39, 0.29) is 18.5 Å². The van der Waals surface area contributed by atoms with Crippen LogP contribution in [0.3, 0.4) is 0 Å². The fraction of sp³-hybridized carbons (Fsp3) is 0.750. The average molecular weight is 203 g/mol. The third-order valence-electron chi connectivity index (χ3n) is 1.55. The Morgan fingerprint density at radius 2 is 2.00 bits per heavy atom. The number of hydrogen-bond acceptors (Lipinski definition) is 4. The molecule has 2 amide bonds. The predicted octanol–water partition coefficient (Wildman–Crippen LogP) is -2.05. The molecule has 0 fully saturated rings. The fourth-order valence-corrected chi connectivity index (χ4v) is 0.748. The van der Waals surface area contributed by atoms with Gasteiger partial charge in [0, 0.05) is 12.6 Å². The molecule has 0 rings (SSSR count). The van der Waals surface area contributed by atoms with Crippen LogP contribution in [0.5, 0.6) is 0 Å². The van der Waals surface area contributed by atoms with E-state index in [0.29, 0.717) is 0 Å². The summed E-state index contributed by atoms with van der Waals surface area (Å²) in [4.78, 5) is 21.7. The van der Waals surface area contributed by atoms with Crippen molar-refractivity contribution in [2.45, 2.75) is 25.9 Å². The van der Waals surface area contributed by atoms with Gasteiger partial charge in [-0.3, -0.25) is 9.59 Å². The molecule has 0 bridgehead atoms. The Labute approximate surface area is 82.9 Å². The minimum Gasteiger partial charge on any atom is -0.387 e. The lowest BCUT2D eigenvalue weighted by Gasteiger charge is -2.15. The van der Waals surface area contributed by atoms with E-state index >= 15 is 0 Å². The molecule has 0 aromatic carbocycles. The van der Waals surface area contributed by atoms with Crippen molar-refractivity contribution < 1.29 is 14.7 Å². The van der Waals surface area contributed by atoms with Crippen LogP contribution in [0.2, 0.25) is 0 Å². The smallest absolute Gasteiger partial charge is 0.245 e. The predicted molar refractivity (Wildman–Crippen MR) is 51.3 cm³/mol. The van der Waals surface area contributed by atoms with Crippen LogP contribution < -0.4 is 16.4 Å². The molecule has 0 radical (unpaired) electrons. The molecule has 0 aliphatic rings. The van der Waals surface area contributed by atoms with Gasteiger partial charge in [0.1, 0.15) is 6.61 Å². The van der Waals surface area contributed by atoms with Gasteiger partial charge in [-0.25, -0.2) is 0 Å². The van der Waals surface area contributed by atoms with Crippen LogP contribution in [0.25, 0.3) is 0 Å². The van der Waals surface area contributed by atoms with E-state index in [9.17, 15) is 9.59 Å². The van der Waals surface area contributed by atoms with Crippen LogP contribution in [-0.2, 0) is 9.59 Å². The summed E-state index contributed by atoms with van der Waals surface area (Å²) in [6.07, 6.45) is 0. The number of hydrogen-bond donors (Lipinski definition) is 4. The summed E-state index contributed by atoms with van der Waals surface area (Å²) < 4.78 is 0. The molecular weight excluding hydrogens is 186 g/mol. The zero-order chi connectivity index (χ0) is 11.1. The SMILES string of the molecule is CC(CNC(=O)CO)NC(=O)[C@@H](C)N. The lowest BCUT2D eigenvalue weighted by atomic mass is 10.3. The van der Waals surface area contributed by atoms with Crippen molar-refractivity contribution in [3.8, 4) is 0 Å². The zero-order valence-corrected chi connectivity index (χ0v) is 8.41. The molecule has 2 atom stereocenters. The molecule has 1 unspecified atom stereocenters. The van der Waals surface area contributed by atoms with E-state index < -0.39 is 18.6 Å². The second kappa shape index (κ2) is 6.33. The third kappa shape index (κ3) is 5.50. The van der Waals surface area contributed by atoms with Gasteiger partial charge >= 0.3 is 0 Å². The highest BCUT2D eigenvalue weighted by Crippen LogP contribution is 1.82. The molecule has 6 heteroatoms. The molecule has 0 aliphatic heterocycles. The number of aliphatic hydroxyl groups excluding tert-OH is 1. The van der Waals surface area contributed by atoms with Crippen molar-refractivity contribution in [1.82, 2.24) is 10.6 Å². The maximum atomic E-state index is 11.1. The van der Waals surface area contributed by atoms with Crippen LogP contribution in [0.1, 0.15) is 13.8 Å². The van der Waals surface area contributed by atoms with Gasteiger partial charge in [-0.1, -0.05) is 0 Å². The molecular formula is C8H17N3O3. The monoisotopic (exact) mass is 203 g/mol. The quantitative estimate of drug-likeness (QED) is 0.412. The average Bonchev–Trinajstić information content (AvgIpc) is 2.13. The second-order valence-electron chi connectivity index (χ2n) is 3.16. The Morgan fingerprint density at radius 3 is 2.43 bits per heavy atom. The van der Waals surface area contributed by atoms with Crippen molar-refractivity contribution in [3.05, 3.63) is 0 Å². The molecule has 0 saturated heterocycles. The number of aliphatic hydroxyl groups is 1. The normalized spacial score (nSPS) is 14.3. The van der Waals surface area contributed by atoms with Crippen molar-refractivity contribution in [2.75, 3.05) is 13.2 Å². The molecule has 0 spiro atoms. The van der Waals surface area contributed by atoms with Gasteiger partial charge in [-0.05, 0) is 13.8 Å². The Balaban J connectivity index is 3.70. The van der Waals surface area contributed by atoms with Crippen LogP contribution in [-0.4, -0.2) is 42.2 Å². The first-order valence-electron chi connectivity index (χ1n) is 4.41. The number of nitrogens with two attached hydrogens (primary N) is 1. The molecule has 0 aromatic rings. The van der Waals surface area contributed by atoms with Gasteiger partial charge in [0.15, 0.2) is 0 Å². The third-order valence-corrected chi connectivity index (χ3v) is 1.55. The summed E-state index contributed by atoms with van der Waals surface area (Å²) in [5.74, 6) is -0.734. The second-order valence-corrected chi connectivity index (χ2v) is 3.16. The first kappa shape index (κ1) is 12.9. The Hall–Kier alpha value is -1.14. The molecule has 0 saturated carbocycles. The maximum Gasteiger partial charge on any atom is 0.245 e. The lowest BCUT2D eigenvalue weighted by Crippen LogP contribution is -2.47. The van der Waals surface area contributed by atoms with Gasteiger partial charge in [-0.15, -0.1) is 0 Å². The van der Waals surface area contributed by atoms with Crippen molar-refractivity contribution >= 4 is 11.8 Å². The van der Waals surface area contributed by atoms with Crippen molar-refractivity contribution in [3.63, 3.8) is 0 Å². The molecule has 5 N–H and O–H groups in total.